The molecule has 1 aliphatic rings. The van der Waals surface area contributed by atoms with Crippen molar-refractivity contribution in [3.05, 3.63) is 45.1 Å². The Kier molecular flexibility index (Phi) is 3.54. The molecule has 1 aliphatic heterocycles. The number of carbonyl (C=O) groups excluding carboxylic acids is 1. The first-order chi connectivity index (χ1) is 8.73. The number of carbonyl (C=O) groups is 1. The molecule has 19 heavy (non-hydrogen) atoms. The van der Waals surface area contributed by atoms with E-state index in [1.807, 2.05) is 13.8 Å². The summed E-state index contributed by atoms with van der Waals surface area (Å²) in [5.74, 6) is -0.528. The molecule has 0 aliphatic carbocycles. The second-order valence-electron chi connectivity index (χ2n) is 5.24. The largest absolute Gasteiger partial charge is 0.503 e. The number of aliphatic hydroxyl groups is 1. The molecule has 1 N–H and O–H groups in total. The van der Waals surface area contributed by atoms with Gasteiger partial charge < -0.3 is 10.0 Å². The van der Waals surface area contributed by atoms with Gasteiger partial charge in [-0.25, -0.2) is 0 Å². The third-order valence-electron chi connectivity index (χ3n) is 3.49. The maximum Gasteiger partial charge on any atom is 0.289 e. The Morgan fingerprint density at radius 3 is 2.16 bits per heavy atom. The van der Waals surface area contributed by atoms with Crippen LogP contribution in [0.3, 0.4) is 0 Å². The average Bonchev–Trinajstić information content (AvgIpc) is 2.56. The van der Waals surface area contributed by atoms with Crippen LogP contribution in [0, 0.1) is 0 Å². The first-order valence-corrected chi connectivity index (χ1v) is 6.66. The Balaban J connectivity index is 2.41. The van der Waals surface area contributed by atoms with Crippen molar-refractivity contribution in [2.45, 2.75) is 26.3 Å². The minimum atomic E-state index is -0.600. The number of amides is 1. The fourth-order valence-corrected chi connectivity index (χ4v) is 2.73. The van der Waals surface area contributed by atoms with Gasteiger partial charge in [-0.1, -0.05) is 23.2 Å². The molecular formula is C14H15Cl2NO2. The summed E-state index contributed by atoms with van der Waals surface area (Å²) in [6.45, 7) is 5.95. The molecule has 1 heterocycles. The summed E-state index contributed by atoms with van der Waals surface area (Å²) >= 11 is 12.0. The third kappa shape index (κ3) is 2.45. The van der Waals surface area contributed by atoms with E-state index in [1.165, 1.54) is 0 Å². The van der Waals surface area contributed by atoms with Crippen molar-refractivity contribution < 1.29 is 9.90 Å². The predicted molar refractivity (Wildman–Crippen MR) is 76.5 cm³/mol. The van der Waals surface area contributed by atoms with Gasteiger partial charge in [0.2, 0.25) is 0 Å². The number of rotatable bonds is 2. The van der Waals surface area contributed by atoms with Crippen molar-refractivity contribution in [2.24, 2.45) is 0 Å². The minimum Gasteiger partial charge on any atom is -0.503 e. The van der Waals surface area contributed by atoms with E-state index in [1.54, 1.807) is 30.0 Å². The van der Waals surface area contributed by atoms with Crippen LogP contribution in [0.15, 0.2) is 29.5 Å². The zero-order chi connectivity index (χ0) is 14.4. The number of hydrogen-bond donors (Lipinski definition) is 1. The lowest BCUT2D eigenvalue weighted by atomic mass is 9.92. The highest BCUT2D eigenvalue weighted by molar-refractivity contribution is 6.34. The minimum absolute atomic E-state index is 0.166. The van der Waals surface area contributed by atoms with Crippen molar-refractivity contribution in [1.29, 1.82) is 0 Å². The molecule has 3 nitrogen and oxygen atoms in total. The van der Waals surface area contributed by atoms with Gasteiger partial charge in [0.1, 0.15) is 0 Å². The summed E-state index contributed by atoms with van der Waals surface area (Å²) in [6, 6.07) is 5.21. The van der Waals surface area contributed by atoms with Gasteiger partial charge in [0.05, 0.1) is 5.54 Å². The third-order valence-corrected chi connectivity index (χ3v) is 3.93. The number of hydrogen-bond acceptors (Lipinski definition) is 2. The summed E-state index contributed by atoms with van der Waals surface area (Å²) in [7, 11) is 0. The van der Waals surface area contributed by atoms with Crippen LogP contribution in [0.5, 0.6) is 0 Å². The smallest absolute Gasteiger partial charge is 0.289 e. The Morgan fingerprint density at radius 2 is 1.74 bits per heavy atom. The lowest BCUT2D eigenvalue weighted by Gasteiger charge is -2.36. The van der Waals surface area contributed by atoms with Crippen LogP contribution in [-0.2, 0) is 10.3 Å². The second-order valence-corrected chi connectivity index (χ2v) is 6.11. The van der Waals surface area contributed by atoms with E-state index in [0.717, 1.165) is 5.56 Å². The Morgan fingerprint density at radius 1 is 1.21 bits per heavy atom. The van der Waals surface area contributed by atoms with Gasteiger partial charge in [0.15, 0.2) is 5.76 Å². The Hall–Kier alpha value is -1.19. The highest BCUT2D eigenvalue weighted by Gasteiger charge is 2.39. The van der Waals surface area contributed by atoms with Gasteiger partial charge in [-0.3, -0.25) is 4.79 Å². The van der Waals surface area contributed by atoms with E-state index in [-0.39, 0.29) is 11.7 Å². The molecule has 0 fully saturated rings. The number of nitrogens with zero attached hydrogens (tertiary/aromatic N) is 1. The average molecular weight is 300 g/mol. The lowest BCUT2D eigenvalue weighted by Crippen LogP contribution is -2.43. The maximum absolute atomic E-state index is 12.1. The molecule has 0 radical (unpaired) electrons. The second kappa shape index (κ2) is 4.73. The van der Waals surface area contributed by atoms with Crippen molar-refractivity contribution in [3.63, 3.8) is 0 Å². The molecule has 0 saturated heterocycles. The van der Waals surface area contributed by atoms with Crippen LogP contribution in [-0.4, -0.2) is 22.5 Å². The standard InChI is InChI=1S/C14H15Cl2NO2/c1-8-7-17(13(19)12(8)18)14(2,3)9-4-10(15)6-11(16)5-9/h4-6,18H,7H2,1-3H3. The molecule has 1 aromatic carbocycles. The van der Waals surface area contributed by atoms with Crippen molar-refractivity contribution in [1.82, 2.24) is 4.90 Å². The van der Waals surface area contributed by atoms with Crippen LogP contribution in [0.2, 0.25) is 10.0 Å². The van der Waals surface area contributed by atoms with Gasteiger partial charge in [-0.15, -0.1) is 0 Å². The van der Waals surface area contributed by atoms with Gasteiger partial charge in [-0.05, 0) is 50.1 Å². The quantitative estimate of drug-likeness (QED) is 0.899. The molecule has 1 amide bonds. The summed E-state index contributed by atoms with van der Waals surface area (Å²) in [5.41, 5.74) is 0.907. The summed E-state index contributed by atoms with van der Waals surface area (Å²) in [5, 5.41) is 10.7. The van der Waals surface area contributed by atoms with Crippen LogP contribution in [0.4, 0.5) is 0 Å². The van der Waals surface area contributed by atoms with E-state index < -0.39 is 5.54 Å². The molecule has 0 spiro atoms. The normalized spacial score (nSPS) is 16.5. The van der Waals surface area contributed by atoms with E-state index >= 15 is 0 Å². The lowest BCUT2D eigenvalue weighted by molar-refractivity contribution is -0.132. The molecule has 1 aromatic rings. The van der Waals surface area contributed by atoms with Gasteiger partial charge in [0, 0.05) is 16.6 Å². The first-order valence-electron chi connectivity index (χ1n) is 5.90. The maximum atomic E-state index is 12.1. The van der Waals surface area contributed by atoms with Gasteiger partial charge in [-0.2, -0.15) is 0 Å². The van der Waals surface area contributed by atoms with Gasteiger partial charge in [0.25, 0.3) is 5.91 Å². The van der Waals surface area contributed by atoms with E-state index in [4.69, 9.17) is 23.2 Å². The van der Waals surface area contributed by atoms with Crippen LogP contribution in [0.1, 0.15) is 26.3 Å². The van der Waals surface area contributed by atoms with Crippen molar-refractivity contribution in [3.8, 4) is 0 Å². The molecule has 5 heteroatoms. The summed E-state index contributed by atoms with van der Waals surface area (Å²) in [6.07, 6.45) is 0. The molecule has 0 bridgehead atoms. The number of aliphatic hydroxyl groups excluding tert-OH is 1. The molecule has 0 saturated carbocycles. The van der Waals surface area contributed by atoms with Crippen LogP contribution >= 0.6 is 23.2 Å². The van der Waals surface area contributed by atoms with Crippen LogP contribution in [0.25, 0.3) is 0 Å². The summed E-state index contributed by atoms with van der Waals surface area (Å²) < 4.78 is 0. The monoisotopic (exact) mass is 299 g/mol. The summed E-state index contributed by atoms with van der Waals surface area (Å²) in [4.78, 5) is 13.7. The fourth-order valence-electron chi connectivity index (χ4n) is 2.21. The fraction of sp³-hybridized carbons (Fsp3) is 0.357. The SMILES string of the molecule is CC1=C(O)C(=O)N(C(C)(C)c2cc(Cl)cc(Cl)c2)C1. The Bertz CT molecular complexity index is 559. The zero-order valence-corrected chi connectivity index (χ0v) is 12.5. The van der Waals surface area contributed by atoms with E-state index in [2.05, 4.69) is 0 Å². The van der Waals surface area contributed by atoms with Crippen molar-refractivity contribution >= 4 is 29.1 Å². The number of benzene rings is 1. The van der Waals surface area contributed by atoms with Gasteiger partial charge >= 0.3 is 0 Å². The molecule has 0 unspecified atom stereocenters. The predicted octanol–water partition coefficient (Wildman–Crippen LogP) is 3.90. The zero-order valence-electron chi connectivity index (χ0n) is 11.0. The molecule has 2 rings (SSSR count). The topological polar surface area (TPSA) is 40.5 Å². The van der Waals surface area contributed by atoms with E-state index in [0.29, 0.717) is 22.2 Å². The molecule has 0 aromatic heterocycles. The van der Waals surface area contributed by atoms with Crippen LogP contribution < -0.4 is 0 Å². The molecule has 0 atom stereocenters. The molecule has 102 valence electrons. The molecular weight excluding hydrogens is 285 g/mol. The first kappa shape index (κ1) is 14.2. The highest BCUT2D eigenvalue weighted by Crippen LogP contribution is 2.35. The number of halogens is 2. The Labute approximate surface area is 122 Å². The highest BCUT2D eigenvalue weighted by atomic mass is 35.5. The van der Waals surface area contributed by atoms with E-state index in [9.17, 15) is 9.90 Å². The van der Waals surface area contributed by atoms with Crippen molar-refractivity contribution in [2.75, 3.05) is 6.54 Å².